The van der Waals surface area contributed by atoms with E-state index in [1.54, 1.807) is 67.2 Å². The Bertz CT molecular complexity index is 3520. The Morgan fingerprint density at radius 2 is 1.55 bits per heavy atom. The van der Waals surface area contributed by atoms with Crippen molar-refractivity contribution in [1.82, 2.24) is 43.9 Å². The zero-order chi connectivity index (χ0) is 48.2. The minimum absolute atomic E-state index is 0.0183. The normalized spacial score (nSPS) is 15.4. The molecule has 2 aliphatic heterocycles. The number of benzene rings is 5. The number of carbonyl (C=O) groups excluding carboxylic acids is 4. The van der Waals surface area contributed by atoms with Gasteiger partial charge in [0.1, 0.15) is 29.7 Å². The SMILES string of the molecule is CNC(=O)c1cccc(NC(=O)c2nn(C)c3ccc(-c4ccc(-n5cnn(C)c5=O)cc4Oc4ccc(C5CCN(c6cccc7c6n(C)c(=O)n7C6CCC(=O)NC6=O)CC5)cc4)c(F)c23)c1. The number of aryl methyl sites for hydroxylation is 3. The number of nitrogens with zero attached hydrogens (tertiary/aromatic N) is 8. The Balaban J connectivity index is 0.917. The molecule has 350 valence electrons. The van der Waals surface area contributed by atoms with Crippen LogP contribution in [0.4, 0.5) is 15.8 Å². The summed E-state index contributed by atoms with van der Waals surface area (Å²) in [6.45, 7) is 1.43. The Labute approximate surface area is 392 Å². The molecule has 3 aromatic heterocycles. The summed E-state index contributed by atoms with van der Waals surface area (Å²) < 4.78 is 30.7. The summed E-state index contributed by atoms with van der Waals surface area (Å²) in [7, 11) is 6.36. The summed E-state index contributed by atoms with van der Waals surface area (Å²) in [5.41, 5.74) is 4.44. The quantitative estimate of drug-likeness (QED) is 0.143. The summed E-state index contributed by atoms with van der Waals surface area (Å²) in [6, 6.07) is 27.2. The van der Waals surface area contributed by atoms with Crippen molar-refractivity contribution in [2.24, 2.45) is 21.1 Å². The van der Waals surface area contributed by atoms with Gasteiger partial charge in [0, 0.05) is 76.1 Å². The number of anilines is 2. The van der Waals surface area contributed by atoms with Crippen molar-refractivity contribution in [2.75, 3.05) is 30.4 Å². The van der Waals surface area contributed by atoms with Gasteiger partial charge in [-0.15, -0.1) is 0 Å². The number of imide groups is 1. The van der Waals surface area contributed by atoms with Crippen molar-refractivity contribution >= 4 is 56.9 Å². The van der Waals surface area contributed by atoms with E-state index in [0.29, 0.717) is 52.4 Å². The van der Waals surface area contributed by atoms with Crippen molar-refractivity contribution in [1.29, 1.82) is 0 Å². The maximum absolute atomic E-state index is 17.1. The van der Waals surface area contributed by atoms with Gasteiger partial charge in [-0.05, 0) is 97.5 Å². The van der Waals surface area contributed by atoms with Crippen LogP contribution in [-0.2, 0) is 30.7 Å². The number of ether oxygens (including phenoxy) is 1. The number of imidazole rings is 1. The van der Waals surface area contributed by atoms with E-state index in [-0.39, 0.29) is 58.7 Å². The molecule has 19 heteroatoms. The number of para-hydroxylation sites is 1. The van der Waals surface area contributed by atoms with Gasteiger partial charge in [-0.1, -0.05) is 24.3 Å². The molecule has 2 aliphatic rings. The molecule has 0 radical (unpaired) electrons. The molecule has 2 fully saturated rings. The van der Waals surface area contributed by atoms with Crippen LogP contribution in [0.3, 0.4) is 0 Å². The fourth-order valence-corrected chi connectivity index (χ4v) is 9.57. The standard InChI is InChI=1S/C50H46FN11O7/c1-52-46(64)30-7-5-8-31(25-30)54-48(66)44-42-36(58(3)56-44)18-17-35(43(42)51)34-16-13-32(61-27-53-59(4)50(61)68)26-40(34)69-33-14-11-28(12-15-33)29-21-23-60(24-22-29)37-9-6-10-38-45(37)57(2)49(67)62(38)39-19-20-41(63)55-47(39)65/h5-18,25-27,29,39H,19-24H2,1-4H3,(H,52,64)(H,54,66)(H,55,63,65). The van der Waals surface area contributed by atoms with Crippen molar-refractivity contribution in [3.05, 3.63) is 147 Å². The van der Waals surface area contributed by atoms with Crippen LogP contribution in [0.15, 0.2) is 113 Å². The topological polar surface area (TPSA) is 201 Å². The number of hydrogen-bond donors (Lipinski definition) is 3. The summed E-state index contributed by atoms with van der Waals surface area (Å²) in [6.07, 6.45) is 3.45. The second kappa shape index (κ2) is 17.6. The first-order valence-electron chi connectivity index (χ1n) is 22.4. The molecule has 1 unspecified atom stereocenters. The van der Waals surface area contributed by atoms with Gasteiger partial charge in [0.05, 0.1) is 33.3 Å². The molecular weight excluding hydrogens is 886 g/mol. The van der Waals surface area contributed by atoms with Gasteiger partial charge in [0.25, 0.3) is 11.8 Å². The fourth-order valence-electron chi connectivity index (χ4n) is 9.57. The number of carbonyl (C=O) groups is 4. The molecule has 69 heavy (non-hydrogen) atoms. The van der Waals surface area contributed by atoms with E-state index in [0.717, 1.165) is 29.6 Å². The number of rotatable bonds is 10. The number of piperidine rings is 2. The van der Waals surface area contributed by atoms with E-state index < -0.39 is 29.4 Å². The second-order valence-electron chi connectivity index (χ2n) is 17.3. The van der Waals surface area contributed by atoms with Crippen molar-refractivity contribution < 1.29 is 28.3 Å². The van der Waals surface area contributed by atoms with Gasteiger partial charge in [-0.2, -0.15) is 10.2 Å². The number of fused-ring (bicyclic) bond motifs is 2. The molecule has 5 heterocycles. The van der Waals surface area contributed by atoms with Gasteiger partial charge in [-0.3, -0.25) is 38.3 Å². The number of halogens is 1. The Morgan fingerprint density at radius 1 is 0.797 bits per heavy atom. The lowest BCUT2D eigenvalue weighted by molar-refractivity contribution is -0.135. The van der Waals surface area contributed by atoms with Crippen LogP contribution in [0.1, 0.15) is 64.1 Å². The number of aromatic nitrogens is 7. The van der Waals surface area contributed by atoms with Crippen LogP contribution in [0, 0.1) is 5.82 Å². The van der Waals surface area contributed by atoms with Gasteiger partial charge < -0.3 is 20.3 Å². The van der Waals surface area contributed by atoms with E-state index in [1.807, 2.05) is 42.5 Å². The Kier molecular flexibility index (Phi) is 11.3. The first-order valence-corrected chi connectivity index (χ1v) is 22.4. The van der Waals surface area contributed by atoms with Gasteiger partial charge in [-0.25, -0.2) is 23.2 Å². The first-order chi connectivity index (χ1) is 33.3. The van der Waals surface area contributed by atoms with Gasteiger partial charge >= 0.3 is 11.4 Å². The first kappa shape index (κ1) is 44.2. The predicted molar refractivity (Wildman–Crippen MR) is 256 cm³/mol. The van der Waals surface area contributed by atoms with Crippen molar-refractivity contribution in [2.45, 2.75) is 37.6 Å². The lowest BCUT2D eigenvalue weighted by atomic mass is 9.89. The predicted octanol–water partition coefficient (Wildman–Crippen LogP) is 5.68. The van der Waals surface area contributed by atoms with Crippen LogP contribution < -0.4 is 37.0 Å². The minimum atomic E-state index is -0.771. The fraction of sp³-hybridized carbons (Fsp3) is 0.240. The van der Waals surface area contributed by atoms with E-state index in [2.05, 4.69) is 31.0 Å². The Morgan fingerprint density at radius 3 is 2.28 bits per heavy atom. The van der Waals surface area contributed by atoms with E-state index in [1.165, 1.54) is 45.0 Å². The maximum atomic E-state index is 17.1. The summed E-state index contributed by atoms with van der Waals surface area (Å²) in [4.78, 5) is 79.5. The Hall–Kier alpha value is -8.61. The average Bonchev–Trinajstić information content (AvgIpc) is 3.97. The van der Waals surface area contributed by atoms with Crippen LogP contribution in [0.2, 0.25) is 0 Å². The molecule has 5 aromatic carbocycles. The number of amides is 4. The molecule has 0 aliphatic carbocycles. The summed E-state index contributed by atoms with van der Waals surface area (Å²) in [5, 5.41) is 16.1. The molecule has 1 atom stereocenters. The van der Waals surface area contributed by atoms with Crippen LogP contribution >= 0.6 is 0 Å². The van der Waals surface area contributed by atoms with Gasteiger partial charge in [0.15, 0.2) is 5.69 Å². The molecule has 18 nitrogen and oxygen atoms in total. The highest BCUT2D eigenvalue weighted by atomic mass is 19.1. The van der Waals surface area contributed by atoms with E-state index in [4.69, 9.17) is 4.74 Å². The molecule has 0 saturated carbocycles. The average molecular weight is 932 g/mol. The lowest BCUT2D eigenvalue weighted by Crippen LogP contribution is -2.44. The second-order valence-corrected chi connectivity index (χ2v) is 17.3. The third-order valence-electron chi connectivity index (χ3n) is 13.2. The largest absolute Gasteiger partial charge is 0.457 e. The molecule has 3 N–H and O–H groups in total. The van der Waals surface area contributed by atoms with Crippen molar-refractivity contribution in [3.63, 3.8) is 0 Å². The number of nitrogens with one attached hydrogen (secondary N) is 3. The van der Waals surface area contributed by atoms with E-state index in [9.17, 15) is 28.8 Å². The van der Waals surface area contributed by atoms with Crippen molar-refractivity contribution in [3.8, 4) is 28.3 Å². The van der Waals surface area contributed by atoms with Crippen LogP contribution in [-0.4, -0.2) is 77.0 Å². The highest BCUT2D eigenvalue weighted by molar-refractivity contribution is 6.12. The molecule has 2 saturated heterocycles. The minimum Gasteiger partial charge on any atom is -0.457 e. The van der Waals surface area contributed by atoms with E-state index >= 15 is 4.39 Å². The molecule has 8 aromatic rings. The highest BCUT2D eigenvalue weighted by Crippen LogP contribution is 2.40. The third kappa shape index (κ3) is 7.90. The maximum Gasteiger partial charge on any atom is 0.350 e. The summed E-state index contributed by atoms with van der Waals surface area (Å²) in [5.74, 6) is -1.63. The molecule has 10 rings (SSSR count). The van der Waals surface area contributed by atoms with Gasteiger partial charge in [0.2, 0.25) is 11.8 Å². The molecule has 0 spiro atoms. The molecule has 0 bridgehead atoms. The molecule has 4 amide bonds. The smallest absolute Gasteiger partial charge is 0.350 e. The third-order valence-corrected chi connectivity index (χ3v) is 13.2. The van der Waals surface area contributed by atoms with Crippen LogP contribution in [0.25, 0.3) is 38.8 Å². The monoisotopic (exact) mass is 931 g/mol. The highest BCUT2D eigenvalue weighted by Gasteiger charge is 2.33. The summed E-state index contributed by atoms with van der Waals surface area (Å²) >= 11 is 0. The zero-order valence-corrected chi connectivity index (χ0v) is 38.0. The molecular formula is C50H46FN11O7. The zero-order valence-electron chi connectivity index (χ0n) is 38.0. The van der Waals surface area contributed by atoms with Crippen LogP contribution in [0.5, 0.6) is 11.5 Å². The number of hydrogen-bond acceptors (Lipinski definition) is 10. The lowest BCUT2D eigenvalue weighted by Gasteiger charge is -2.34.